The van der Waals surface area contributed by atoms with Crippen LogP contribution in [0.5, 0.6) is 0 Å². The van der Waals surface area contributed by atoms with E-state index in [-0.39, 0.29) is 23.7 Å². The van der Waals surface area contributed by atoms with Crippen LogP contribution in [-0.2, 0) is 0 Å². The summed E-state index contributed by atoms with van der Waals surface area (Å²) in [6.07, 6.45) is 0. The topological polar surface area (TPSA) is 6.48 Å². The van der Waals surface area contributed by atoms with Crippen LogP contribution in [0.3, 0.4) is 0 Å². The fourth-order valence-electron chi connectivity index (χ4n) is 17.5. The molecule has 0 unspecified atom stereocenters. The van der Waals surface area contributed by atoms with Crippen molar-refractivity contribution in [1.29, 1.82) is 0 Å². The number of rotatable bonds is 28. The van der Waals surface area contributed by atoms with Crippen molar-refractivity contribution in [3.8, 4) is 0 Å². The Balaban J connectivity index is 1.35. The summed E-state index contributed by atoms with van der Waals surface area (Å²) in [5.74, 6) is 0.500. The zero-order valence-electron chi connectivity index (χ0n) is 61.3. The summed E-state index contributed by atoms with van der Waals surface area (Å²) in [7, 11) is -5.25. The van der Waals surface area contributed by atoms with Gasteiger partial charge >= 0.3 is 607 Å². The van der Waals surface area contributed by atoms with Crippen molar-refractivity contribution >= 4 is 59.2 Å². The van der Waals surface area contributed by atoms with Gasteiger partial charge in [-0.05, 0) is 0 Å². The van der Waals surface area contributed by atoms with Gasteiger partial charge in [0.05, 0.1) is 0 Å². The molecule has 10 aromatic rings. The van der Waals surface area contributed by atoms with E-state index in [0.717, 1.165) is 0 Å². The first kappa shape index (κ1) is 72.8. The second-order valence-electron chi connectivity index (χ2n) is 29.9. The van der Waals surface area contributed by atoms with E-state index in [9.17, 15) is 0 Å². The zero-order valence-corrected chi connectivity index (χ0v) is 67.5. The molecule has 0 spiro atoms. The normalized spacial score (nSPS) is 12.6. The molecule has 97 heavy (non-hydrogen) atoms. The Morgan fingerprint density at radius 1 is 0.268 bits per heavy atom. The summed E-state index contributed by atoms with van der Waals surface area (Å²) in [6.45, 7) is 43.6. The molecule has 0 aliphatic heterocycles. The molecule has 0 fully saturated rings. The standard InChI is InChI=1S/C91H108Ge2N2Si2/c1-63(2)80-58-82(86(72-42-26-18-27-43-72)73-44-28-19-29-45-73)90(83(59-80)87(74-46-30-20-31-47-74)75-48-32-21-33-49-75)94(96(65(5)6,66(7)8)67(9)10)92-62-71(17)93-95(97(68(11)12,69(13)14)70(15)16)91-84(88(76-50-34-22-35-51-76)77-52-36-23-37-53-77)60-81(64(3)4)61-85(91)89(78-54-38-24-39-55-78)79-56-40-25-41-57-79/h18-70,86-89H,1-17H3/b71-62+. The quantitative estimate of drug-likeness (QED) is 0.0356. The molecule has 0 N–H and O–H groups in total. The summed E-state index contributed by atoms with van der Waals surface area (Å²) in [4.78, 5) is 2.94. The third-order valence-corrected chi connectivity index (χ3v) is 46.2. The van der Waals surface area contributed by atoms with Gasteiger partial charge in [0.2, 0.25) is 0 Å². The molecule has 10 rings (SSSR count). The van der Waals surface area contributed by atoms with E-state index in [2.05, 4.69) is 397 Å². The number of hydrogen-bond acceptors (Lipinski definition) is 2. The summed E-state index contributed by atoms with van der Waals surface area (Å²) in [5.41, 5.74) is 24.8. The van der Waals surface area contributed by atoms with Gasteiger partial charge in [-0.15, -0.1) is 0 Å². The second kappa shape index (κ2) is 32.8. The van der Waals surface area contributed by atoms with Crippen LogP contribution in [0, 0.1) is 0 Å². The summed E-state index contributed by atoms with van der Waals surface area (Å²) < 4.78 is 8.20. The number of benzene rings is 10. The molecular weight excluding hydrogens is 1320 g/mol. The maximum atomic E-state index is 3.32. The number of nitrogens with zero attached hydrogens (tertiary/aromatic N) is 2. The van der Waals surface area contributed by atoms with Crippen LogP contribution >= 0.6 is 0 Å². The molecule has 0 heterocycles. The van der Waals surface area contributed by atoms with Crippen LogP contribution in [0.15, 0.2) is 276 Å². The molecule has 0 saturated carbocycles. The average Bonchev–Trinajstić information content (AvgIpc) is 0.732. The van der Waals surface area contributed by atoms with Gasteiger partial charge in [0, 0.05) is 0 Å². The molecule has 0 atom stereocenters. The Bertz CT molecular complexity index is 3690. The second-order valence-corrected chi connectivity index (χ2v) is 48.3. The van der Waals surface area contributed by atoms with Crippen LogP contribution in [0.25, 0.3) is 0 Å². The Hall–Kier alpha value is -6.94. The van der Waals surface area contributed by atoms with Crippen molar-refractivity contribution in [3.63, 3.8) is 0 Å². The number of allylic oxidation sites excluding steroid dienone is 1. The van der Waals surface area contributed by atoms with Crippen LogP contribution in [0.1, 0.15) is 231 Å². The molecule has 0 aromatic heterocycles. The Labute approximate surface area is 602 Å². The molecule has 0 aliphatic rings. The van der Waals surface area contributed by atoms with Crippen molar-refractivity contribution in [1.82, 2.24) is 0 Å². The van der Waals surface area contributed by atoms with E-state index in [4.69, 9.17) is 0 Å². The Morgan fingerprint density at radius 2 is 0.454 bits per heavy atom. The fraction of sp³-hybridized carbons (Fsp3) is 0.319. The van der Waals surface area contributed by atoms with Crippen molar-refractivity contribution < 1.29 is 0 Å². The molecule has 0 aliphatic carbocycles. The molecule has 498 valence electrons. The minimum absolute atomic E-state index is 0.0203. The van der Waals surface area contributed by atoms with E-state index in [0.29, 0.717) is 45.1 Å². The van der Waals surface area contributed by atoms with E-state index >= 15 is 0 Å². The van der Waals surface area contributed by atoms with Gasteiger partial charge in [-0.1, -0.05) is 0 Å². The predicted molar refractivity (Wildman–Crippen MR) is 429 cm³/mol. The van der Waals surface area contributed by atoms with E-state index in [1.54, 1.807) is 4.41 Å². The molecule has 10 aromatic carbocycles. The van der Waals surface area contributed by atoms with Crippen molar-refractivity contribution in [3.05, 3.63) is 354 Å². The fourth-order valence-corrected chi connectivity index (χ4v) is 48.5. The zero-order chi connectivity index (χ0) is 69.1. The third-order valence-electron chi connectivity index (χ3n) is 21.5. The first-order valence-corrected chi connectivity index (χ1v) is 44.8. The number of hydrogen-bond donors (Lipinski definition) is 0. The molecule has 2 nitrogen and oxygen atoms in total. The first-order valence-electron chi connectivity index (χ1n) is 36.3. The molecule has 6 heteroatoms. The minimum atomic E-state index is -2.63. The van der Waals surface area contributed by atoms with Gasteiger partial charge in [0.15, 0.2) is 0 Å². The Kier molecular flexibility index (Phi) is 24.6. The van der Waals surface area contributed by atoms with E-state index in [1.165, 1.54) is 89.3 Å². The van der Waals surface area contributed by atoms with Gasteiger partial charge in [-0.3, -0.25) is 0 Å². The van der Waals surface area contributed by atoms with E-state index in [1.807, 2.05) is 0 Å². The summed E-state index contributed by atoms with van der Waals surface area (Å²) >= 11 is -2.21. The monoisotopic (exact) mass is 1430 g/mol. The molecule has 0 saturated heterocycles. The van der Waals surface area contributed by atoms with Gasteiger partial charge in [-0.2, -0.15) is 0 Å². The average molecular weight is 1430 g/mol. The van der Waals surface area contributed by atoms with Crippen molar-refractivity contribution in [2.24, 2.45) is 0 Å². The summed E-state index contributed by atoms with van der Waals surface area (Å²) in [5, 5.41) is 0. The van der Waals surface area contributed by atoms with Crippen LogP contribution < -0.4 is 7.05 Å². The number of anilines is 2. The third kappa shape index (κ3) is 15.3. The van der Waals surface area contributed by atoms with E-state index < -0.39 is 47.8 Å². The van der Waals surface area contributed by atoms with Gasteiger partial charge in [-0.25, -0.2) is 0 Å². The van der Waals surface area contributed by atoms with Crippen molar-refractivity contribution in [2.75, 3.05) is 7.05 Å². The molecule has 0 bridgehead atoms. The predicted octanol–water partition coefficient (Wildman–Crippen LogP) is 25.4. The SMILES string of the molecule is C/[C](=[CH]\[Ge][N](c1c(C(c2ccccc2)c2ccccc2)cc(C(C)C)cc1C(c1ccccc1)c1ccccc1)[Si](C(C)C)(C(C)C)C(C)C)[Ge][N](c1c(C(c2ccccc2)c2ccccc2)cc(C(C)C)cc1C(c1ccccc1)c1ccccc1)[Si](C(C)C)(C(C)C)C(C)C. The van der Waals surface area contributed by atoms with Crippen molar-refractivity contribution in [2.45, 2.75) is 186 Å². The van der Waals surface area contributed by atoms with Crippen LogP contribution in [-0.4, -0.2) is 47.8 Å². The molecule has 4 radical (unpaired) electrons. The molecule has 0 amide bonds. The van der Waals surface area contributed by atoms with Crippen LogP contribution in [0.2, 0.25) is 33.2 Å². The van der Waals surface area contributed by atoms with Gasteiger partial charge in [0.1, 0.15) is 0 Å². The van der Waals surface area contributed by atoms with Crippen LogP contribution in [0.4, 0.5) is 11.4 Å². The summed E-state index contributed by atoms with van der Waals surface area (Å²) in [6, 6.07) is 103. The Morgan fingerprint density at radius 3 is 0.639 bits per heavy atom. The van der Waals surface area contributed by atoms with Gasteiger partial charge in [0.25, 0.3) is 0 Å². The first-order chi connectivity index (χ1) is 46.7. The van der Waals surface area contributed by atoms with Gasteiger partial charge < -0.3 is 0 Å². The maximum absolute atomic E-state index is 3.32. The molecular formula is C91H108Ge2N2Si2.